The molecule has 0 radical (unpaired) electrons. The smallest absolute Gasteiger partial charge is 0.339 e. The minimum absolute atomic E-state index is 0.446. The van der Waals surface area contributed by atoms with Crippen LogP contribution in [0.3, 0.4) is 0 Å². The zero-order valence-electron chi connectivity index (χ0n) is 10.6. The predicted octanol–water partition coefficient (Wildman–Crippen LogP) is 3.11. The van der Waals surface area contributed by atoms with E-state index in [-0.39, 0.29) is 0 Å². The van der Waals surface area contributed by atoms with Crippen molar-refractivity contribution in [3.63, 3.8) is 0 Å². The van der Waals surface area contributed by atoms with E-state index in [1.165, 1.54) is 0 Å². The normalized spacial score (nSPS) is 12.1. The first-order chi connectivity index (χ1) is 9.08. The summed E-state index contributed by atoms with van der Waals surface area (Å²) in [5.74, 6) is 0. The molecule has 1 heterocycles. The van der Waals surface area contributed by atoms with Gasteiger partial charge in [0.2, 0.25) is 0 Å². The van der Waals surface area contributed by atoms with Crippen molar-refractivity contribution in [2.24, 2.45) is 5.73 Å². The Morgan fingerprint density at radius 2 is 2.00 bits per heavy atom. The van der Waals surface area contributed by atoms with Crippen molar-refractivity contribution in [2.75, 3.05) is 0 Å². The molecule has 0 spiro atoms. The largest absolute Gasteiger partial charge is 0.350 e. The van der Waals surface area contributed by atoms with Crippen molar-refractivity contribution in [1.29, 1.82) is 0 Å². The SMILES string of the molecule is Cc1ccc(C(Cc2ccccc2)N(O)C(N)=O)s1. The summed E-state index contributed by atoms with van der Waals surface area (Å²) in [5, 5.41) is 10.5. The fourth-order valence-corrected chi connectivity index (χ4v) is 2.89. The van der Waals surface area contributed by atoms with Crippen LogP contribution in [-0.4, -0.2) is 16.3 Å². The van der Waals surface area contributed by atoms with E-state index in [2.05, 4.69) is 0 Å². The lowest BCUT2D eigenvalue weighted by atomic mass is 10.0. The molecule has 1 atom stereocenters. The van der Waals surface area contributed by atoms with Gasteiger partial charge in [-0.15, -0.1) is 11.3 Å². The molecule has 0 aliphatic carbocycles. The summed E-state index contributed by atoms with van der Waals surface area (Å²) in [5.41, 5.74) is 6.22. The van der Waals surface area contributed by atoms with Gasteiger partial charge in [-0.1, -0.05) is 30.3 Å². The van der Waals surface area contributed by atoms with Crippen LogP contribution in [0.1, 0.15) is 21.4 Å². The van der Waals surface area contributed by atoms with Crippen LogP contribution in [0.15, 0.2) is 42.5 Å². The molecule has 2 amide bonds. The Balaban J connectivity index is 2.27. The highest BCUT2D eigenvalue weighted by atomic mass is 32.1. The van der Waals surface area contributed by atoms with Crippen LogP contribution >= 0.6 is 11.3 Å². The van der Waals surface area contributed by atoms with Gasteiger partial charge in [0, 0.05) is 16.2 Å². The summed E-state index contributed by atoms with van der Waals surface area (Å²) < 4.78 is 0. The van der Waals surface area contributed by atoms with Crippen molar-refractivity contribution in [1.82, 2.24) is 5.06 Å². The number of thiophene rings is 1. The number of nitrogens with two attached hydrogens (primary N) is 1. The first-order valence-corrected chi connectivity index (χ1v) is 6.77. The Kier molecular flexibility index (Phi) is 4.19. The van der Waals surface area contributed by atoms with E-state index < -0.39 is 12.1 Å². The minimum atomic E-state index is -0.841. The molecule has 0 fully saturated rings. The Morgan fingerprint density at radius 1 is 1.32 bits per heavy atom. The number of amides is 2. The van der Waals surface area contributed by atoms with Crippen LogP contribution in [0.25, 0.3) is 0 Å². The van der Waals surface area contributed by atoms with Gasteiger partial charge >= 0.3 is 6.03 Å². The van der Waals surface area contributed by atoms with E-state index in [4.69, 9.17) is 5.73 Å². The molecular formula is C14H16N2O2S. The van der Waals surface area contributed by atoms with Crippen LogP contribution in [0.4, 0.5) is 4.79 Å². The molecule has 2 aromatic rings. The Morgan fingerprint density at radius 3 is 2.53 bits per heavy atom. The third-order valence-corrected chi connectivity index (χ3v) is 3.98. The summed E-state index contributed by atoms with van der Waals surface area (Å²) in [6, 6.07) is 12.3. The zero-order chi connectivity index (χ0) is 13.8. The number of hydrogen-bond donors (Lipinski definition) is 2. The number of hydroxylamine groups is 2. The van der Waals surface area contributed by atoms with E-state index in [1.807, 2.05) is 49.4 Å². The third-order valence-electron chi connectivity index (χ3n) is 2.88. The van der Waals surface area contributed by atoms with Gasteiger partial charge in [-0.05, 0) is 24.6 Å². The molecule has 1 aromatic heterocycles. The topological polar surface area (TPSA) is 66.6 Å². The first kappa shape index (κ1) is 13.6. The van der Waals surface area contributed by atoms with Crippen molar-refractivity contribution in [2.45, 2.75) is 19.4 Å². The van der Waals surface area contributed by atoms with Crippen molar-refractivity contribution < 1.29 is 10.0 Å². The first-order valence-electron chi connectivity index (χ1n) is 5.95. The van der Waals surface area contributed by atoms with E-state index >= 15 is 0 Å². The van der Waals surface area contributed by atoms with Crippen LogP contribution < -0.4 is 5.73 Å². The number of carbonyl (C=O) groups excluding carboxylic acids is 1. The Bertz CT molecular complexity index is 554. The third kappa shape index (κ3) is 3.33. The lowest BCUT2D eigenvalue weighted by molar-refractivity contribution is -0.0753. The quantitative estimate of drug-likeness (QED) is 0.665. The highest BCUT2D eigenvalue weighted by Crippen LogP contribution is 2.29. The molecule has 3 N–H and O–H groups in total. The zero-order valence-corrected chi connectivity index (χ0v) is 11.4. The van der Waals surface area contributed by atoms with E-state index in [0.29, 0.717) is 11.5 Å². The summed E-state index contributed by atoms with van der Waals surface area (Å²) in [7, 11) is 0. The van der Waals surface area contributed by atoms with Gasteiger partial charge in [-0.2, -0.15) is 5.06 Å². The lowest BCUT2D eigenvalue weighted by Crippen LogP contribution is -2.36. The maximum absolute atomic E-state index is 11.2. The number of urea groups is 1. The molecule has 5 heteroatoms. The fraction of sp³-hybridized carbons (Fsp3) is 0.214. The molecule has 2 rings (SSSR count). The standard InChI is InChI=1S/C14H16N2O2S/c1-10-7-8-13(19-10)12(16(18)14(15)17)9-11-5-3-2-4-6-11/h2-8,12,18H,9H2,1H3,(H2,15,17). The Hall–Kier alpha value is -1.85. The number of primary amides is 1. The van der Waals surface area contributed by atoms with Gasteiger partial charge in [0.05, 0.1) is 6.04 Å². The van der Waals surface area contributed by atoms with E-state index in [9.17, 15) is 10.0 Å². The molecular weight excluding hydrogens is 260 g/mol. The molecule has 0 bridgehead atoms. The van der Waals surface area contributed by atoms with Gasteiger partial charge in [-0.3, -0.25) is 5.21 Å². The van der Waals surface area contributed by atoms with Crippen LogP contribution in [0.5, 0.6) is 0 Å². The molecule has 0 saturated carbocycles. The predicted molar refractivity (Wildman–Crippen MR) is 75.2 cm³/mol. The minimum Gasteiger partial charge on any atom is -0.350 e. The summed E-state index contributed by atoms with van der Waals surface area (Å²) in [4.78, 5) is 13.3. The molecule has 0 saturated heterocycles. The van der Waals surface area contributed by atoms with Crippen molar-refractivity contribution in [3.8, 4) is 0 Å². The van der Waals surface area contributed by atoms with Crippen LogP contribution in [0.2, 0.25) is 0 Å². The van der Waals surface area contributed by atoms with Gasteiger partial charge in [-0.25, -0.2) is 4.79 Å². The fourth-order valence-electron chi connectivity index (χ4n) is 1.93. The lowest BCUT2D eigenvalue weighted by Gasteiger charge is -2.23. The maximum atomic E-state index is 11.2. The second kappa shape index (κ2) is 5.86. The molecule has 1 aromatic carbocycles. The number of benzene rings is 1. The van der Waals surface area contributed by atoms with Gasteiger partial charge in [0.1, 0.15) is 0 Å². The number of rotatable bonds is 4. The number of nitrogens with zero attached hydrogens (tertiary/aromatic N) is 1. The van der Waals surface area contributed by atoms with Gasteiger partial charge in [0.25, 0.3) is 0 Å². The summed E-state index contributed by atoms with van der Waals surface area (Å²) >= 11 is 1.55. The number of carbonyl (C=O) groups is 1. The summed E-state index contributed by atoms with van der Waals surface area (Å²) in [6.07, 6.45) is 0.528. The van der Waals surface area contributed by atoms with E-state index in [0.717, 1.165) is 15.3 Å². The molecule has 0 aliphatic rings. The van der Waals surface area contributed by atoms with Crippen molar-refractivity contribution >= 4 is 17.4 Å². The second-order valence-electron chi connectivity index (χ2n) is 4.34. The summed E-state index contributed by atoms with van der Waals surface area (Å²) in [6.45, 7) is 1.99. The maximum Gasteiger partial charge on any atom is 0.339 e. The molecule has 19 heavy (non-hydrogen) atoms. The molecule has 100 valence electrons. The second-order valence-corrected chi connectivity index (χ2v) is 5.66. The monoisotopic (exact) mass is 276 g/mol. The molecule has 1 unspecified atom stereocenters. The van der Waals surface area contributed by atoms with Crippen LogP contribution in [0, 0.1) is 6.92 Å². The van der Waals surface area contributed by atoms with Crippen LogP contribution in [-0.2, 0) is 6.42 Å². The highest BCUT2D eigenvalue weighted by molar-refractivity contribution is 7.12. The highest BCUT2D eigenvalue weighted by Gasteiger charge is 2.23. The van der Waals surface area contributed by atoms with Gasteiger partial charge < -0.3 is 5.73 Å². The van der Waals surface area contributed by atoms with Crippen molar-refractivity contribution in [3.05, 3.63) is 57.8 Å². The molecule has 4 nitrogen and oxygen atoms in total. The number of aryl methyl sites for hydroxylation is 1. The average molecular weight is 276 g/mol. The average Bonchev–Trinajstić information content (AvgIpc) is 2.83. The van der Waals surface area contributed by atoms with Gasteiger partial charge in [0.15, 0.2) is 0 Å². The Labute approximate surface area is 116 Å². The number of hydrogen-bond acceptors (Lipinski definition) is 3. The van der Waals surface area contributed by atoms with E-state index in [1.54, 1.807) is 11.3 Å². The molecule has 0 aliphatic heterocycles.